The number of benzene rings is 1. The van der Waals surface area contributed by atoms with Gasteiger partial charge in [0.15, 0.2) is 0 Å². The maximum atomic E-state index is 12.2. The lowest BCUT2D eigenvalue weighted by atomic mass is 9.79. The molecule has 134 valence electrons. The first-order valence-electron chi connectivity index (χ1n) is 9.34. The van der Waals surface area contributed by atoms with Gasteiger partial charge in [0.2, 0.25) is 5.91 Å². The largest absolute Gasteiger partial charge is 0.354 e. The number of carbonyl (C=O) groups is 1. The summed E-state index contributed by atoms with van der Waals surface area (Å²) in [7, 11) is 0. The summed E-state index contributed by atoms with van der Waals surface area (Å²) < 4.78 is 0. The molecular formula is C20H31ClN2O. The molecule has 0 saturated heterocycles. The van der Waals surface area contributed by atoms with E-state index in [1.165, 1.54) is 63.4 Å². The second-order valence-electron chi connectivity index (χ2n) is 7.35. The number of nitrogens with one attached hydrogen (secondary N) is 2. The SMILES string of the molecule is Cl.O=C(CNC1CCCCC1)NCC1(c2ccccc2)CCCC1. The first kappa shape index (κ1) is 19.3. The minimum atomic E-state index is 0. The summed E-state index contributed by atoms with van der Waals surface area (Å²) in [5.41, 5.74) is 1.54. The molecule has 0 atom stereocenters. The molecule has 3 rings (SSSR count). The molecule has 1 aromatic rings. The van der Waals surface area contributed by atoms with Gasteiger partial charge in [0.05, 0.1) is 6.54 Å². The lowest BCUT2D eigenvalue weighted by Crippen LogP contribution is -2.44. The third kappa shape index (κ3) is 4.97. The van der Waals surface area contributed by atoms with Crippen LogP contribution in [0.25, 0.3) is 0 Å². The van der Waals surface area contributed by atoms with Crippen molar-refractivity contribution in [1.29, 1.82) is 0 Å². The van der Waals surface area contributed by atoms with Crippen molar-refractivity contribution in [3.8, 4) is 0 Å². The fraction of sp³-hybridized carbons (Fsp3) is 0.650. The molecule has 0 unspecified atom stereocenters. The molecule has 2 fully saturated rings. The van der Waals surface area contributed by atoms with Gasteiger partial charge in [0.1, 0.15) is 0 Å². The van der Waals surface area contributed by atoms with E-state index in [-0.39, 0.29) is 23.7 Å². The molecule has 0 spiro atoms. The van der Waals surface area contributed by atoms with Crippen LogP contribution in [-0.2, 0) is 10.2 Å². The topological polar surface area (TPSA) is 41.1 Å². The monoisotopic (exact) mass is 350 g/mol. The van der Waals surface area contributed by atoms with Crippen molar-refractivity contribution in [2.24, 2.45) is 0 Å². The Hall–Kier alpha value is -1.06. The first-order chi connectivity index (χ1) is 11.3. The van der Waals surface area contributed by atoms with E-state index < -0.39 is 0 Å². The lowest BCUT2D eigenvalue weighted by Gasteiger charge is -2.30. The van der Waals surface area contributed by atoms with Gasteiger partial charge in [-0.25, -0.2) is 0 Å². The average molecular weight is 351 g/mol. The van der Waals surface area contributed by atoms with Crippen molar-refractivity contribution in [2.45, 2.75) is 69.2 Å². The third-order valence-electron chi connectivity index (χ3n) is 5.73. The van der Waals surface area contributed by atoms with Crippen LogP contribution in [0.5, 0.6) is 0 Å². The van der Waals surface area contributed by atoms with Crippen molar-refractivity contribution >= 4 is 18.3 Å². The van der Waals surface area contributed by atoms with Gasteiger partial charge in [-0.3, -0.25) is 4.79 Å². The third-order valence-corrected chi connectivity index (χ3v) is 5.73. The molecule has 2 N–H and O–H groups in total. The average Bonchev–Trinajstić information content (AvgIpc) is 3.10. The van der Waals surface area contributed by atoms with Crippen LogP contribution in [0.4, 0.5) is 0 Å². The van der Waals surface area contributed by atoms with Crippen molar-refractivity contribution in [3.05, 3.63) is 35.9 Å². The Labute approximate surface area is 152 Å². The molecule has 24 heavy (non-hydrogen) atoms. The maximum absolute atomic E-state index is 12.2. The van der Waals surface area contributed by atoms with Crippen molar-refractivity contribution in [2.75, 3.05) is 13.1 Å². The number of hydrogen-bond acceptors (Lipinski definition) is 2. The number of hydrogen-bond donors (Lipinski definition) is 2. The summed E-state index contributed by atoms with van der Waals surface area (Å²) in [6.07, 6.45) is 11.3. The molecule has 3 nitrogen and oxygen atoms in total. The summed E-state index contributed by atoms with van der Waals surface area (Å²) in [5, 5.41) is 6.64. The summed E-state index contributed by atoms with van der Waals surface area (Å²) in [6.45, 7) is 1.25. The van der Waals surface area contributed by atoms with E-state index in [0.29, 0.717) is 12.6 Å². The molecule has 1 amide bonds. The van der Waals surface area contributed by atoms with Crippen molar-refractivity contribution < 1.29 is 4.79 Å². The van der Waals surface area contributed by atoms with Crippen LogP contribution >= 0.6 is 12.4 Å². The Morgan fingerprint density at radius 1 is 1.00 bits per heavy atom. The second-order valence-corrected chi connectivity index (χ2v) is 7.35. The van der Waals surface area contributed by atoms with Gasteiger partial charge in [0, 0.05) is 18.0 Å². The van der Waals surface area contributed by atoms with Gasteiger partial charge in [-0.1, -0.05) is 62.4 Å². The van der Waals surface area contributed by atoms with E-state index in [9.17, 15) is 4.79 Å². The minimum Gasteiger partial charge on any atom is -0.354 e. The van der Waals surface area contributed by atoms with Gasteiger partial charge >= 0.3 is 0 Å². The van der Waals surface area contributed by atoms with E-state index in [1.807, 2.05) is 0 Å². The highest BCUT2D eigenvalue weighted by atomic mass is 35.5. The van der Waals surface area contributed by atoms with Crippen LogP contribution in [-0.4, -0.2) is 25.0 Å². The van der Waals surface area contributed by atoms with E-state index >= 15 is 0 Å². The summed E-state index contributed by atoms with van der Waals surface area (Å²) in [4.78, 5) is 12.2. The minimum absolute atomic E-state index is 0. The molecule has 0 aromatic heterocycles. The van der Waals surface area contributed by atoms with Gasteiger partial charge in [-0.15, -0.1) is 12.4 Å². The fourth-order valence-corrected chi connectivity index (χ4v) is 4.29. The fourth-order valence-electron chi connectivity index (χ4n) is 4.29. The van der Waals surface area contributed by atoms with Crippen LogP contribution in [0, 0.1) is 0 Å². The van der Waals surface area contributed by atoms with E-state index in [4.69, 9.17) is 0 Å². The molecule has 2 aliphatic carbocycles. The quantitative estimate of drug-likeness (QED) is 0.815. The highest BCUT2D eigenvalue weighted by Crippen LogP contribution is 2.40. The molecule has 1 aromatic carbocycles. The smallest absolute Gasteiger partial charge is 0.233 e. The second kappa shape index (κ2) is 9.43. The normalized spacial score (nSPS) is 20.3. The lowest BCUT2D eigenvalue weighted by molar-refractivity contribution is -0.120. The summed E-state index contributed by atoms with van der Waals surface area (Å²) >= 11 is 0. The molecule has 2 saturated carbocycles. The standard InChI is InChI=1S/C20H30N2O.ClH/c23-19(15-21-18-11-5-2-6-12-18)22-16-20(13-7-8-14-20)17-9-3-1-4-10-17;/h1,3-4,9-10,18,21H,2,5-8,11-16H2,(H,22,23);1H. The molecule has 0 aliphatic heterocycles. The van der Waals surface area contributed by atoms with Crippen LogP contribution in [0.3, 0.4) is 0 Å². The Morgan fingerprint density at radius 2 is 1.67 bits per heavy atom. The Bertz CT molecular complexity index is 494. The molecule has 0 bridgehead atoms. The summed E-state index contributed by atoms with van der Waals surface area (Å²) in [6, 6.07) is 11.3. The predicted molar refractivity (Wildman–Crippen MR) is 102 cm³/mol. The number of carbonyl (C=O) groups excluding carboxylic acids is 1. The number of rotatable bonds is 6. The highest BCUT2D eigenvalue weighted by Gasteiger charge is 2.35. The molecule has 0 heterocycles. The zero-order valence-electron chi connectivity index (χ0n) is 14.6. The van der Waals surface area contributed by atoms with E-state index in [2.05, 4.69) is 41.0 Å². The summed E-state index contributed by atoms with van der Waals surface area (Å²) in [5.74, 6) is 0.151. The Kier molecular flexibility index (Phi) is 7.57. The van der Waals surface area contributed by atoms with Crippen molar-refractivity contribution in [3.63, 3.8) is 0 Å². The zero-order valence-corrected chi connectivity index (χ0v) is 15.4. The van der Waals surface area contributed by atoms with Crippen LogP contribution < -0.4 is 10.6 Å². The molecule has 0 radical (unpaired) electrons. The molecular weight excluding hydrogens is 320 g/mol. The van der Waals surface area contributed by atoms with E-state index in [0.717, 1.165) is 6.54 Å². The highest BCUT2D eigenvalue weighted by molar-refractivity contribution is 5.85. The van der Waals surface area contributed by atoms with Gasteiger partial charge in [-0.2, -0.15) is 0 Å². The van der Waals surface area contributed by atoms with Crippen LogP contribution in [0.2, 0.25) is 0 Å². The van der Waals surface area contributed by atoms with E-state index in [1.54, 1.807) is 0 Å². The number of amides is 1. The van der Waals surface area contributed by atoms with Gasteiger partial charge in [0.25, 0.3) is 0 Å². The molecule has 2 aliphatic rings. The van der Waals surface area contributed by atoms with Crippen LogP contribution in [0.15, 0.2) is 30.3 Å². The van der Waals surface area contributed by atoms with Gasteiger partial charge in [-0.05, 0) is 31.2 Å². The zero-order chi connectivity index (χ0) is 16.0. The predicted octanol–water partition coefficient (Wildman–Crippen LogP) is 3.96. The number of halogens is 1. The van der Waals surface area contributed by atoms with Crippen molar-refractivity contribution in [1.82, 2.24) is 10.6 Å². The van der Waals surface area contributed by atoms with Gasteiger partial charge < -0.3 is 10.6 Å². The Morgan fingerprint density at radius 3 is 2.33 bits per heavy atom. The Balaban J connectivity index is 0.00000208. The first-order valence-corrected chi connectivity index (χ1v) is 9.34. The van der Waals surface area contributed by atoms with Crippen LogP contribution in [0.1, 0.15) is 63.4 Å². The maximum Gasteiger partial charge on any atom is 0.233 e. The molecule has 4 heteroatoms.